The fourth-order valence-corrected chi connectivity index (χ4v) is 2.67. The smallest absolute Gasteiger partial charge is 0.269 e. The van der Waals surface area contributed by atoms with Gasteiger partial charge in [-0.1, -0.05) is 18.2 Å². The fraction of sp³-hybridized carbons (Fsp3) is 0.400. The van der Waals surface area contributed by atoms with Crippen LogP contribution in [0.2, 0.25) is 0 Å². The molecular formula is C15H18N2O3. The molecule has 2 heterocycles. The highest BCUT2D eigenvalue weighted by atomic mass is 16.5. The van der Waals surface area contributed by atoms with E-state index < -0.39 is 0 Å². The lowest BCUT2D eigenvalue weighted by molar-refractivity contribution is -0.0797. The summed E-state index contributed by atoms with van der Waals surface area (Å²) in [5, 5.41) is 1.91. The number of hydrogen-bond acceptors (Lipinski definition) is 4. The normalized spacial score (nSPS) is 23.9. The summed E-state index contributed by atoms with van der Waals surface area (Å²) in [4.78, 5) is 12.4. The third kappa shape index (κ3) is 2.55. The van der Waals surface area contributed by atoms with Gasteiger partial charge in [0.05, 0.1) is 24.0 Å². The van der Waals surface area contributed by atoms with E-state index in [9.17, 15) is 4.79 Å². The minimum atomic E-state index is -0.146. The molecule has 0 saturated carbocycles. The number of fused-ring (bicyclic) bond motifs is 1. The van der Waals surface area contributed by atoms with Gasteiger partial charge in [0.15, 0.2) is 0 Å². The predicted octanol–water partition coefficient (Wildman–Crippen LogP) is 2.14. The van der Waals surface area contributed by atoms with E-state index in [4.69, 9.17) is 9.15 Å². The number of carbonyl (C=O) groups is 1. The van der Waals surface area contributed by atoms with Crippen LogP contribution < -0.4 is 5.43 Å². The Hall–Kier alpha value is -1.85. The van der Waals surface area contributed by atoms with Crippen molar-refractivity contribution in [1.29, 1.82) is 0 Å². The first-order chi connectivity index (χ1) is 9.63. The quantitative estimate of drug-likeness (QED) is 0.911. The van der Waals surface area contributed by atoms with Gasteiger partial charge in [-0.05, 0) is 13.8 Å². The Morgan fingerprint density at radius 3 is 2.75 bits per heavy atom. The Morgan fingerprint density at radius 1 is 1.25 bits per heavy atom. The van der Waals surface area contributed by atoms with Gasteiger partial charge in [-0.25, -0.2) is 5.01 Å². The van der Waals surface area contributed by atoms with Crippen LogP contribution in [0.3, 0.4) is 0 Å². The number of rotatable bonds is 2. The Kier molecular flexibility index (Phi) is 3.46. The van der Waals surface area contributed by atoms with Gasteiger partial charge in [-0.2, -0.15) is 0 Å². The van der Waals surface area contributed by atoms with Gasteiger partial charge in [-0.3, -0.25) is 10.2 Å². The van der Waals surface area contributed by atoms with E-state index in [0.717, 1.165) is 11.1 Å². The van der Waals surface area contributed by atoms with E-state index >= 15 is 0 Å². The number of amides is 1. The zero-order chi connectivity index (χ0) is 14.1. The standard InChI is InChI=1S/C15H18N2O3/c1-10-6-17(7-11(2)20-10)16-15(18)14-9-19-8-12-4-3-5-13(12)14/h3-5,8-11H,6-7H2,1-2H3,(H,16,18). The van der Waals surface area contributed by atoms with E-state index in [0.29, 0.717) is 18.7 Å². The molecule has 106 valence electrons. The second-order valence-corrected chi connectivity index (χ2v) is 5.28. The van der Waals surface area contributed by atoms with Crippen molar-refractivity contribution in [1.82, 2.24) is 10.4 Å². The Bertz CT molecular complexity index is 570. The molecule has 0 aromatic carbocycles. The molecule has 0 bridgehead atoms. The van der Waals surface area contributed by atoms with Gasteiger partial charge in [0.1, 0.15) is 6.26 Å². The molecule has 1 saturated heterocycles. The second-order valence-electron chi connectivity index (χ2n) is 5.28. The molecule has 20 heavy (non-hydrogen) atoms. The molecule has 1 N–H and O–H groups in total. The summed E-state index contributed by atoms with van der Waals surface area (Å²) in [6.45, 7) is 5.37. The largest absolute Gasteiger partial charge is 0.471 e. The monoisotopic (exact) mass is 274 g/mol. The highest BCUT2D eigenvalue weighted by Crippen LogP contribution is 2.26. The Balaban J connectivity index is 1.75. The summed E-state index contributed by atoms with van der Waals surface area (Å²) < 4.78 is 10.9. The van der Waals surface area contributed by atoms with Crippen molar-refractivity contribution >= 4 is 5.91 Å². The van der Waals surface area contributed by atoms with Gasteiger partial charge < -0.3 is 9.15 Å². The Labute approximate surface area is 117 Å². The van der Waals surface area contributed by atoms with E-state index in [1.54, 1.807) is 6.26 Å². The zero-order valence-electron chi connectivity index (χ0n) is 11.6. The molecule has 5 nitrogen and oxygen atoms in total. The van der Waals surface area contributed by atoms with E-state index in [2.05, 4.69) is 5.43 Å². The summed E-state index contributed by atoms with van der Waals surface area (Å²) in [6, 6.07) is 5.76. The number of morpholine rings is 1. The number of carbonyl (C=O) groups excluding carboxylic acids is 1. The second kappa shape index (κ2) is 5.26. The molecule has 5 heteroatoms. The highest BCUT2D eigenvalue weighted by Gasteiger charge is 2.25. The molecule has 0 radical (unpaired) electrons. The minimum absolute atomic E-state index is 0.110. The topological polar surface area (TPSA) is 54.7 Å². The first kappa shape index (κ1) is 13.1. The van der Waals surface area contributed by atoms with Crippen molar-refractivity contribution in [2.45, 2.75) is 26.1 Å². The zero-order valence-corrected chi connectivity index (χ0v) is 11.6. The van der Waals surface area contributed by atoms with Crippen LogP contribution in [-0.2, 0) is 4.74 Å². The van der Waals surface area contributed by atoms with Crippen LogP contribution in [0.15, 0.2) is 35.1 Å². The molecule has 0 spiro atoms. The van der Waals surface area contributed by atoms with Crippen LogP contribution in [0, 0.1) is 0 Å². The average Bonchev–Trinajstić information content (AvgIpc) is 2.85. The van der Waals surface area contributed by atoms with Crippen molar-refractivity contribution < 1.29 is 13.9 Å². The van der Waals surface area contributed by atoms with Crippen LogP contribution in [0.25, 0.3) is 11.1 Å². The third-order valence-electron chi connectivity index (χ3n) is 3.44. The number of nitrogens with one attached hydrogen (secondary N) is 1. The summed E-state index contributed by atoms with van der Waals surface area (Å²) in [7, 11) is 0. The summed E-state index contributed by atoms with van der Waals surface area (Å²) in [5.41, 5.74) is 5.32. The molecule has 2 unspecified atom stereocenters. The molecule has 3 rings (SSSR count). The first-order valence-corrected chi connectivity index (χ1v) is 6.80. The van der Waals surface area contributed by atoms with Gasteiger partial charge in [0.25, 0.3) is 5.91 Å². The minimum Gasteiger partial charge on any atom is -0.471 e. The molecular weight excluding hydrogens is 256 g/mol. The fourth-order valence-electron chi connectivity index (χ4n) is 2.67. The number of hydrogen-bond donors (Lipinski definition) is 1. The number of hydrazine groups is 1. The molecule has 1 amide bonds. The van der Waals surface area contributed by atoms with Gasteiger partial charge >= 0.3 is 0 Å². The van der Waals surface area contributed by atoms with Crippen molar-refractivity contribution in [2.75, 3.05) is 13.1 Å². The van der Waals surface area contributed by atoms with E-state index in [1.807, 2.05) is 37.1 Å². The average molecular weight is 274 g/mol. The van der Waals surface area contributed by atoms with Gasteiger partial charge in [0, 0.05) is 24.2 Å². The van der Waals surface area contributed by atoms with Crippen LogP contribution in [0.4, 0.5) is 0 Å². The maximum atomic E-state index is 12.4. The molecule has 1 aliphatic carbocycles. The molecule has 0 aromatic heterocycles. The predicted molar refractivity (Wildman–Crippen MR) is 74.4 cm³/mol. The molecule has 3 aliphatic rings. The molecule has 2 atom stereocenters. The molecule has 0 aromatic rings. The maximum absolute atomic E-state index is 12.4. The first-order valence-electron chi connectivity index (χ1n) is 6.80. The summed E-state index contributed by atoms with van der Waals surface area (Å²) in [5.74, 6) is -0.146. The van der Waals surface area contributed by atoms with Gasteiger partial charge in [0.2, 0.25) is 0 Å². The van der Waals surface area contributed by atoms with Crippen LogP contribution in [0.5, 0.6) is 0 Å². The lowest BCUT2D eigenvalue weighted by atomic mass is 10.1. The van der Waals surface area contributed by atoms with Gasteiger partial charge in [-0.15, -0.1) is 0 Å². The highest BCUT2D eigenvalue weighted by molar-refractivity contribution is 6.00. The van der Waals surface area contributed by atoms with Crippen LogP contribution in [-0.4, -0.2) is 36.2 Å². The lowest BCUT2D eigenvalue weighted by Crippen LogP contribution is -2.53. The lowest BCUT2D eigenvalue weighted by Gasteiger charge is -2.35. The maximum Gasteiger partial charge on any atom is 0.269 e. The third-order valence-corrected chi connectivity index (χ3v) is 3.44. The summed E-state index contributed by atoms with van der Waals surface area (Å²) in [6.07, 6.45) is 3.35. The van der Waals surface area contributed by atoms with Crippen molar-refractivity contribution in [3.63, 3.8) is 0 Å². The van der Waals surface area contributed by atoms with E-state index in [1.165, 1.54) is 6.26 Å². The molecule has 1 fully saturated rings. The van der Waals surface area contributed by atoms with Crippen molar-refractivity contribution in [3.05, 3.63) is 36.3 Å². The SMILES string of the molecule is CC1CN(NC(=O)c2cocc3cccc2-3)CC(C)O1. The van der Waals surface area contributed by atoms with Crippen molar-refractivity contribution in [2.24, 2.45) is 0 Å². The Morgan fingerprint density at radius 2 is 2.00 bits per heavy atom. The van der Waals surface area contributed by atoms with Crippen LogP contribution in [0.1, 0.15) is 24.2 Å². The van der Waals surface area contributed by atoms with Crippen LogP contribution >= 0.6 is 0 Å². The molecule has 2 aliphatic heterocycles. The summed E-state index contributed by atoms with van der Waals surface area (Å²) >= 11 is 0. The number of nitrogens with zero attached hydrogens (tertiary/aromatic N) is 1. The van der Waals surface area contributed by atoms with E-state index in [-0.39, 0.29) is 18.1 Å². The van der Waals surface area contributed by atoms with Crippen molar-refractivity contribution in [3.8, 4) is 11.1 Å². The number of ether oxygens (including phenoxy) is 1.